The Bertz CT molecular complexity index is 602. The van der Waals surface area contributed by atoms with Crippen molar-refractivity contribution in [3.05, 3.63) is 54.1 Å². The Morgan fingerprint density at radius 1 is 0.875 bits per heavy atom. The molecule has 1 fully saturated rings. The normalized spacial score (nSPS) is 14.6. The smallest absolute Gasteiger partial charge is 0.119 e. The minimum absolute atomic E-state index is 0.775. The lowest BCUT2D eigenvalue weighted by Crippen LogP contribution is -2.33. The molecule has 0 bridgehead atoms. The Morgan fingerprint density at radius 2 is 1.54 bits per heavy atom. The van der Waals surface area contributed by atoms with Crippen molar-refractivity contribution in [2.24, 2.45) is 0 Å². The molecule has 130 valence electrons. The molecule has 1 saturated heterocycles. The first-order chi connectivity index (χ1) is 11.8. The summed E-state index contributed by atoms with van der Waals surface area (Å²) in [5, 5.41) is 0. The third-order valence-corrected chi connectivity index (χ3v) is 4.31. The fourth-order valence-corrected chi connectivity index (χ4v) is 3.07. The highest BCUT2D eigenvalue weighted by molar-refractivity contribution is 5.65. The fourth-order valence-electron chi connectivity index (χ4n) is 3.07. The molecule has 2 aromatic carbocycles. The number of ether oxygens (including phenoxy) is 1. The first-order valence-electron chi connectivity index (χ1n) is 9.33. The van der Waals surface area contributed by atoms with Crippen LogP contribution < -0.4 is 4.74 Å². The minimum atomic E-state index is 0.775. The van der Waals surface area contributed by atoms with Crippen LogP contribution in [0.25, 0.3) is 11.1 Å². The number of aryl methyl sites for hydroxylation is 1. The Balaban J connectivity index is 0.00000100. The van der Waals surface area contributed by atoms with Crippen LogP contribution in [0.5, 0.6) is 5.75 Å². The van der Waals surface area contributed by atoms with Gasteiger partial charge in [-0.3, -0.25) is 4.90 Å². The highest BCUT2D eigenvalue weighted by atomic mass is 16.5. The van der Waals surface area contributed by atoms with Crippen molar-refractivity contribution in [2.75, 3.05) is 26.2 Å². The van der Waals surface area contributed by atoms with Gasteiger partial charge in [0.2, 0.25) is 0 Å². The van der Waals surface area contributed by atoms with Gasteiger partial charge in [-0.25, -0.2) is 0 Å². The summed E-state index contributed by atoms with van der Waals surface area (Å²) in [7, 11) is 0. The molecule has 2 heteroatoms. The van der Waals surface area contributed by atoms with Crippen molar-refractivity contribution >= 4 is 0 Å². The van der Waals surface area contributed by atoms with Crippen molar-refractivity contribution in [3.63, 3.8) is 0 Å². The van der Waals surface area contributed by atoms with E-state index >= 15 is 0 Å². The van der Waals surface area contributed by atoms with Gasteiger partial charge in [0.1, 0.15) is 12.4 Å². The number of benzene rings is 2. The molecule has 0 radical (unpaired) electrons. The summed E-state index contributed by atoms with van der Waals surface area (Å²) in [6.07, 6.45) is 4.06. The molecule has 0 N–H and O–H groups in total. The van der Waals surface area contributed by atoms with Gasteiger partial charge in [-0.2, -0.15) is 0 Å². The van der Waals surface area contributed by atoms with Crippen LogP contribution in [-0.4, -0.2) is 31.1 Å². The van der Waals surface area contributed by atoms with Crippen LogP contribution in [0, 0.1) is 6.92 Å². The lowest BCUT2D eigenvalue weighted by atomic mass is 10.0. The largest absolute Gasteiger partial charge is 0.492 e. The molecular weight excluding hydrogens is 294 g/mol. The predicted octanol–water partition coefficient (Wildman–Crippen LogP) is 5.55. The van der Waals surface area contributed by atoms with Crippen LogP contribution in [-0.2, 0) is 0 Å². The highest BCUT2D eigenvalue weighted by Gasteiger charge is 2.09. The molecule has 0 atom stereocenters. The second-order valence-corrected chi connectivity index (χ2v) is 6.15. The summed E-state index contributed by atoms with van der Waals surface area (Å²) in [6.45, 7) is 10.4. The Hall–Kier alpha value is -1.80. The number of rotatable bonds is 5. The molecule has 0 aliphatic carbocycles. The third kappa shape index (κ3) is 5.68. The number of hydrogen-bond acceptors (Lipinski definition) is 2. The zero-order valence-electron chi connectivity index (χ0n) is 15.4. The molecule has 2 aromatic rings. The standard InChI is InChI=1S/C20H25NO.C2H6/c1-17-7-5-8-18(15-17)19-9-6-10-20(16-19)22-14-13-21-11-3-2-4-12-21;1-2/h5-10,15-16H,2-4,11-14H2,1H3;1-2H3. The van der Waals surface area contributed by atoms with Crippen molar-refractivity contribution in [1.29, 1.82) is 0 Å². The van der Waals surface area contributed by atoms with Crippen LogP contribution in [0.2, 0.25) is 0 Å². The van der Waals surface area contributed by atoms with Gasteiger partial charge in [0.05, 0.1) is 0 Å². The maximum atomic E-state index is 5.96. The van der Waals surface area contributed by atoms with Gasteiger partial charge in [0.25, 0.3) is 0 Å². The van der Waals surface area contributed by atoms with Crippen molar-refractivity contribution in [1.82, 2.24) is 4.90 Å². The van der Waals surface area contributed by atoms with Crippen LogP contribution in [0.3, 0.4) is 0 Å². The number of hydrogen-bond donors (Lipinski definition) is 0. The van der Waals surface area contributed by atoms with E-state index in [1.807, 2.05) is 13.8 Å². The maximum absolute atomic E-state index is 5.96. The zero-order valence-corrected chi connectivity index (χ0v) is 15.4. The number of nitrogens with zero attached hydrogens (tertiary/aromatic N) is 1. The molecule has 1 heterocycles. The SMILES string of the molecule is CC.Cc1cccc(-c2cccc(OCCN3CCCCC3)c2)c1. The second kappa shape index (κ2) is 10.1. The van der Waals surface area contributed by atoms with Gasteiger partial charge in [-0.1, -0.05) is 62.2 Å². The van der Waals surface area contributed by atoms with Crippen LogP contribution in [0.15, 0.2) is 48.5 Å². The molecular formula is C22H31NO. The Labute approximate surface area is 147 Å². The Kier molecular flexibility index (Phi) is 7.84. The summed E-state index contributed by atoms with van der Waals surface area (Å²) in [4.78, 5) is 2.51. The summed E-state index contributed by atoms with van der Waals surface area (Å²) in [5.74, 6) is 0.969. The quantitative estimate of drug-likeness (QED) is 0.714. The Morgan fingerprint density at radius 3 is 2.25 bits per heavy atom. The van der Waals surface area contributed by atoms with Crippen LogP contribution in [0.4, 0.5) is 0 Å². The summed E-state index contributed by atoms with van der Waals surface area (Å²) in [6, 6.07) is 17.0. The average molecular weight is 325 g/mol. The molecule has 3 rings (SSSR count). The molecule has 24 heavy (non-hydrogen) atoms. The second-order valence-electron chi connectivity index (χ2n) is 6.15. The molecule has 0 saturated carbocycles. The molecule has 0 amide bonds. The third-order valence-electron chi connectivity index (χ3n) is 4.31. The summed E-state index contributed by atoms with van der Waals surface area (Å²) >= 11 is 0. The van der Waals surface area contributed by atoms with Crippen LogP contribution in [0.1, 0.15) is 38.7 Å². The van der Waals surface area contributed by atoms with Gasteiger partial charge in [-0.05, 0) is 56.1 Å². The molecule has 1 aliphatic rings. The van der Waals surface area contributed by atoms with E-state index in [4.69, 9.17) is 4.74 Å². The lowest BCUT2D eigenvalue weighted by Gasteiger charge is -2.26. The monoisotopic (exact) mass is 325 g/mol. The van der Waals surface area contributed by atoms with E-state index in [0.29, 0.717) is 0 Å². The van der Waals surface area contributed by atoms with E-state index in [2.05, 4.69) is 60.4 Å². The zero-order chi connectivity index (χ0) is 17.2. The maximum Gasteiger partial charge on any atom is 0.119 e. The van der Waals surface area contributed by atoms with E-state index in [1.165, 1.54) is 49.0 Å². The van der Waals surface area contributed by atoms with Crippen molar-refractivity contribution in [3.8, 4) is 16.9 Å². The van der Waals surface area contributed by atoms with Crippen LogP contribution >= 0.6 is 0 Å². The van der Waals surface area contributed by atoms with E-state index in [1.54, 1.807) is 0 Å². The topological polar surface area (TPSA) is 12.5 Å². The summed E-state index contributed by atoms with van der Waals surface area (Å²) < 4.78 is 5.96. The average Bonchev–Trinajstić information content (AvgIpc) is 2.65. The first kappa shape index (κ1) is 18.5. The van der Waals surface area contributed by atoms with Gasteiger partial charge in [0, 0.05) is 6.54 Å². The molecule has 2 nitrogen and oxygen atoms in total. The highest BCUT2D eigenvalue weighted by Crippen LogP contribution is 2.24. The van der Waals surface area contributed by atoms with E-state index in [-0.39, 0.29) is 0 Å². The number of piperidine rings is 1. The van der Waals surface area contributed by atoms with E-state index in [0.717, 1.165) is 18.9 Å². The van der Waals surface area contributed by atoms with Gasteiger partial charge >= 0.3 is 0 Å². The van der Waals surface area contributed by atoms with Gasteiger partial charge < -0.3 is 4.74 Å². The molecule has 1 aliphatic heterocycles. The minimum Gasteiger partial charge on any atom is -0.492 e. The molecule has 0 unspecified atom stereocenters. The molecule has 0 spiro atoms. The van der Waals surface area contributed by atoms with E-state index in [9.17, 15) is 0 Å². The van der Waals surface area contributed by atoms with E-state index < -0.39 is 0 Å². The molecule has 0 aromatic heterocycles. The number of likely N-dealkylation sites (tertiary alicyclic amines) is 1. The van der Waals surface area contributed by atoms with Gasteiger partial charge in [-0.15, -0.1) is 0 Å². The fraction of sp³-hybridized carbons (Fsp3) is 0.455. The first-order valence-corrected chi connectivity index (χ1v) is 9.33. The van der Waals surface area contributed by atoms with Crippen molar-refractivity contribution in [2.45, 2.75) is 40.0 Å². The summed E-state index contributed by atoms with van der Waals surface area (Å²) in [5.41, 5.74) is 3.76. The predicted molar refractivity (Wildman–Crippen MR) is 104 cm³/mol. The lowest BCUT2D eigenvalue weighted by molar-refractivity contribution is 0.183. The van der Waals surface area contributed by atoms with Gasteiger partial charge in [0.15, 0.2) is 0 Å². The van der Waals surface area contributed by atoms with Crippen molar-refractivity contribution < 1.29 is 4.74 Å².